The summed E-state index contributed by atoms with van der Waals surface area (Å²) in [5.41, 5.74) is 0.455. The van der Waals surface area contributed by atoms with Gasteiger partial charge < -0.3 is 15.2 Å². The van der Waals surface area contributed by atoms with E-state index in [1.54, 1.807) is 13.8 Å². The van der Waals surface area contributed by atoms with Crippen LogP contribution in [-0.2, 0) is 4.79 Å². The number of halogens is 1. The van der Waals surface area contributed by atoms with E-state index in [-0.39, 0.29) is 11.7 Å². The smallest absolute Gasteiger partial charge is 0.260 e. The maximum atomic E-state index is 13.2. The van der Waals surface area contributed by atoms with Crippen LogP contribution in [0.2, 0.25) is 0 Å². The van der Waals surface area contributed by atoms with Crippen LogP contribution in [0, 0.1) is 5.82 Å². The summed E-state index contributed by atoms with van der Waals surface area (Å²) >= 11 is 0. The number of aliphatic hydroxyl groups is 1. The summed E-state index contributed by atoms with van der Waals surface area (Å²) in [5, 5.41) is 12.3. The molecule has 0 aromatic heterocycles. The molecular formula is C14H20FNO3. The van der Waals surface area contributed by atoms with Crippen LogP contribution in [0.1, 0.15) is 38.9 Å². The Labute approximate surface area is 112 Å². The summed E-state index contributed by atoms with van der Waals surface area (Å²) < 4.78 is 18.6. The lowest BCUT2D eigenvalue weighted by atomic mass is 10.1. The molecule has 0 spiro atoms. The van der Waals surface area contributed by atoms with Gasteiger partial charge in [-0.25, -0.2) is 4.39 Å². The van der Waals surface area contributed by atoms with E-state index in [4.69, 9.17) is 4.74 Å². The highest BCUT2D eigenvalue weighted by Gasteiger charge is 2.17. The first-order chi connectivity index (χ1) is 8.95. The summed E-state index contributed by atoms with van der Waals surface area (Å²) in [5.74, 6) is -0.544. The van der Waals surface area contributed by atoms with Crippen LogP contribution in [0.5, 0.6) is 5.75 Å². The number of nitrogens with one attached hydrogen (secondary N) is 1. The van der Waals surface area contributed by atoms with Crippen LogP contribution in [0.15, 0.2) is 18.2 Å². The highest BCUT2D eigenvalue weighted by Crippen LogP contribution is 2.26. The van der Waals surface area contributed by atoms with Crippen LogP contribution in [0.3, 0.4) is 0 Å². The van der Waals surface area contributed by atoms with Crippen molar-refractivity contribution in [2.45, 2.75) is 39.4 Å². The predicted molar refractivity (Wildman–Crippen MR) is 70.4 cm³/mol. The number of rotatable bonds is 6. The Kier molecular flexibility index (Phi) is 5.76. The topological polar surface area (TPSA) is 58.6 Å². The van der Waals surface area contributed by atoms with E-state index < -0.39 is 18.0 Å². The summed E-state index contributed by atoms with van der Waals surface area (Å²) in [4.78, 5) is 11.7. The molecule has 0 saturated heterocycles. The molecule has 1 aromatic carbocycles. The van der Waals surface area contributed by atoms with Crippen molar-refractivity contribution >= 4 is 5.91 Å². The van der Waals surface area contributed by atoms with Gasteiger partial charge in [-0.05, 0) is 32.4 Å². The standard InChI is InChI=1S/C14H20FNO3/c1-4-7-16-14(18)10(3)19-13-8-11(15)5-6-12(13)9(2)17/h5-6,8-10,17H,4,7H2,1-3H3,(H,16,18). The van der Waals surface area contributed by atoms with Gasteiger partial charge in [-0.3, -0.25) is 4.79 Å². The zero-order valence-electron chi connectivity index (χ0n) is 11.4. The van der Waals surface area contributed by atoms with Gasteiger partial charge in [-0.1, -0.05) is 6.92 Å². The molecule has 2 N–H and O–H groups in total. The number of hydrogen-bond donors (Lipinski definition) is 2. The first-order valence-electron chi connectivity index (χ1n) is 6.37. The van der Waals surface area contributed by atoms with Crippen molar-refractivity contribution < 1.29 is 19.0 Å². The van der Waals surface area contributed by atoms with Crippen molar-refractivity contribution in [2.75, 3.05) is 6.54 Å². The Morgan fingerprint density at radius 3 is 2.74 bits per heavy atom. The number of carbonyl (C=O) groups excluding carboxylic acids is 1. The molecule has 19 heavy (non-hydrogen) atoms. The lowest BCUT2D eigenvalue weighted by Gasteiger charge is -2.18. The monoisotopic (exact) mass is 269 g/mol. The molecule has 0 bridgehead atoms. The zero-order valence-corrected chi connectivity index (χ0v) is 11.4. The van der Waals surface area contributed by atoms with E-state index in [0.29, 0.717) is 12.1 Å². The molecule has 0 fully saturated rings. The second-order valence-electron chi connectivity index (χ2n) is 4.41. The first-order valence-corrected chi connectivity index (χ1v) is 6.37. The van der Waals surface area contributed by atoms with Crippen LogP contribution < -0.4 is 10.1 Å². The molecule has 4 nitrogen and oxygen atoms in total. The molecule has 0 aliphatic rings. The largest absolute Gasteiger partial charge is 0.480 e. The second-order valence-corrected chi connectivity index (χ2v) is 4.41. The lowest BCUT2D eigenvalue weighted by Crippen LogP contribution is -2.36. The van der Waals surface area contributed by atoms with E-state index in [1.165, 1.54) is 18.2 Å². The average molecular weight is 269 g/mol. The van der Waals surface area contributed by atoms with Crippen molar-refractivity contribution in [1.82, 2.24) is 5.32 Å². The highest BCUT2D eigenvalue weighted by molar-refractivity contribution is 5.80. The summed E-state index contributed by atoms with van der Waals surface area (Å²) in [6, 6.07) is 3.87. The molecule has 106 valence electrons. The normalized spacial score (nSPS) is 13.7. The van der Waals surface area contributed by atoms with Gasteiger partial charge in [0.2, 0.25) is 0 Å². The van der Waals surface area contributed by atoms with Crippen molar-refractivity contribution in [3.05, 3.63) is 29.6 Å². The number of amides is 1. The minimum absolute atomic E-state index is 0.189. The van der Waals surface area contributed by atoms with Crippen LogP contribution >= 0.6 is 0 Å². The molecular weight excluding hydrogens is 249 g/mol. The third-order valence-electron chi connectivity index (χ3n) is 2.65. The number of benzene rings is 1. The predicted octanol–water partition coefficient (Wildman–Crippen LogP) is 2.17. The molecule has 0 heterocycles. The van der Waals surface area contributed by atoms with Crippen molar-refractivity contribution in [2.24, 2.45) is 0 Å². The third kappa shape index (κ3) is 4.52. The Bertz CT molecular complexity index is 435. The zero-order chi connectivity index (χ0) is 14.4. The Hall–Kier alpha value is -1.62. The molecule has 0 saturated carbocycles. The molecule has 1 amide bonds. The SMILES string of the molecule is CCCNC(=O)C(C)Oc1cc(F)ccc1C(C)O. The van der Waals surface area contributed by atoms with Crippen molar-refractivity contribution in [3.63, 3.8) is 0 Å². The Morgan fingerprint density at radius 1 is 1.47 bits per heavy atom. The van der Waals surface area contributed by atoms with E-state index in [1.807, 2.05) is 6.92 Å². The second kappa shape index (κ2) is 7.09. The molecule has 5 heteroatoms. The Balaban J connectivity index is 2.80. The summed E-state index contributed by atoms with van der Waals surface area (Å²) in [6.07, 6.45) is -0.704. The number of aliphatic hydroxyl groups excluding tert-OH is 1. The number of ether oxygens (including phenoxy) is 1. The minimum Gasteiger partial charge on any atom is -0.480 e. The fraction of sp³-hybridized carbons (Fsp3) is 0.500. The molecule has 0 radical (unpaired) electrons. The van der Waals surface area contributed by atoms with Crippen LogP contribution in [0.4, 0.5) is 4.39 Å². The van der Waals surface area contributed by atoms with Crippen molar-refractivity contribution in [3.8, 4) is 5.75 Å². The van der Waals surface area contributed by atoms with Crippen LogP contribution in [0.25, 0.3) is 0 Å². The van der Waals surface area contributed by atoms with Gasteiger partial charge in [0.1, 0.15) is 11.6 Å². The van der Waals surface area contributed by atoms with Gasteiger partial charge in [0.25, 0.3) is 5.91 Å². The van der Waals surface area contributed by atoms with Crippen molar-refractivity contribution in [1.29, 1.82) is 0 Å². The molecule has 1 aromatic rings. The fourth-order valence-corrected chi connectivity index (χ4v) is 1.59. The number of hydrogen-bond acceptors (Lipinski definition) is 3. The average Bonchev–Trinajstić information content (AvgIpc) is 2.35. The summed E-state index contributed by atoms with van der Waals surface area (Å²) in [7, 11) is 0. The lowest BCUT2D eigenvalue weighted by molar-refractivity contribution is -0.127. The third-order valence-corrected chi connectivity index (χ3v) is 2.65. The number of carbonyl (C=O) groups is 1. The molecule has 2 unspecified atom stereocenters. The maximum Gasteiger partial charge on any atom is 0.260 e. The molecule has 0 aliphatic heterocycles. The van der Waals surface area contributed by atoms with E-state index >= 15 is 0 Å². The van der Waals surface area contributed by atoms with Gasteiger partial charge in [-0.2, -0.15) is 0 Å². The van der Waals surface area contributed by atoms with E-state index in [0.717, 1.165) is 6.42 Å². The summed E-state index contributed by atoms with van der Waals surface area (Å²) in [6.45, 7) is 5.66. The quantitative estimate of drug-likeness (QED) is 0.832. The van der Waals surface area contributed by atoms with Gasteiger partial charge in [-0.15, -0.1) is 0 Å². The highest BCUT2D eigenvalue weighted by atomic mass is 19.1. The van der Waals surface area contributed by atoms with E-state index in [9.17, 15) is 14.3 Å². The van der Waals surface area contributed by atoms with E-state index in [2.05, 4.69) is 5.32 Å². The maximum absolute atomic E-state index is 13.2. The Morgan fingerprint density at radius 2 is 2.16 bits per heavy atom. The van der Waals surface area contributed by atoms with Gasteiger partial charge in [0.05, 0.1) is 6.10 Å². The van der Waals surface area contributed by atoms with Gasteiger partial charge in [0, 0.05) is 18.2 Å². The molecule has 0 aliphatic carbocycles. The molecule has 1 rings (SSSR count). The molecule has 2 atom stereocenters. The first kappa shape index (κ1) is 15.4. The van der Waals surface area contributed by atoms with Gasteiger partial charge >= 0.3 is 0 Å². The fourth-order valence-electron chi connectivity index (χ4n) is 1.59. The van der Waals surface area contributed by atoms with Gasteiger partial charge in [0.15, 0.2) is 6.10 Å². The van der Waals surface area contributed by atoms with Crippen LogP contribution in [-0.4, -0.2) is 23.7 Å². The minimum atomic E-state index is -0.790.